The second kappa shape index (κ2) is 6.38. The van der Waals surface area contributed by atoms with E-state index in [9.17, 15) is 8.78 Å². The molecule has 0 fully saturated rings. The van der Waals surface area contributed by atoms with E-state index in [0.717, 1.165) is 23.2 Å². The molecule has 0 aliphatic rings. The van der Waals surface area contributed by atoms with E-state index in [2.05, 4.69) is 9.97 Å². The lowest BCUT2D eigenvalue weighted by molar-refractivity contribution is 0.355. The highest BCUT2D eigenvalue weighted by molar-refractivity contribution is 7.12. The second-order valence-electron chi connectivity index (χ2n) is 5.45. The number of thiazole rings is 1. The summed E-state index contributed by atoms with van der Waals surface area (Å²) < 4.78 is 39.0. The fourth-order valence-corrected chi connectivity index (χ4v) is 3.47. The van der Waals surface area contributed by atoms with Gasteiger partial charge in [0.15, 0.2) is 28.3 Å². The first-order chi connectivity index (χ1) is 12.6. The number of hydrogen-bond donors (Lipinski definition) is 0. The molecule has 4 rings (SSSR count). The van der Waals surface area contributed by atoms with Crippen LogP contribution in [0.5, 0.6) is 11.5 Å². The summed E-state index contributed by atoms with van der Waals surface area (Å²) in [6.07, 6.45) is 1.65. The van der Waals surface area contributed by atoms with Crippen molar-refractivity contribution in [3.63, 3.8) is 0 Å². The Balaban J connectivity index is 1.79. The molecule has 0 unspecified atom stereocenters. The molecule has 5 nitrogen and oxygen atoms in total. The van der Waals surface area contributed by atoms with Crippen molar-refractivity contribution < 1.29 is 18.3 Å². The number of hydrogen-bond acceptors (Lipinski definition) is 5. The molecule has 0 saturated heterocycles. The van der Waals surface area contributed by atoms with Crippen LogP contribution in [0, 0.1) is 11.6 Å². The molecule has 0 radical (unpaired) electrons. The van der Waals surface area contributed by atoms with Crippen LogP contribution in [0.1, 0.15) is 0 Å². The maximum Gasteiger partial charge on any atom is 0.195 e. The van der Waals surface area contributed by atoms with Gasteiger partial charge in [-0.1, -0.05) is 0 Å². The number of benzene rings is 2. The molecule has 4 aromatic rings. The summed E-state index contributed by atoms with van der Waals surface area (Å²) in [5.41, 5.74) is 2.60. The lowest BCUT2D eigenvalue weighted by Gasteiger charge is -2.07. The molecule has 2 heterocycles. The molecule has 0 atom stereocenters. The molecule has 0 saturated carbocycles. The Hall–Kier alpha value is -3.00. The summed E-state index contributed by atoms with van der Waals surface area (Å²) in [7, 11) is 3.13. The van der Waals surface area contributed by atoms with Crippen molar-refractivity contribution in [3.8, 4) is 27.9 Å². The number of fused-ring (bicyclic) bond motifs is 1. The van der Waals surface area contributed by atoms with Crippen LogP contribution < -0.4 is 9.47 Å². The fraction of sp³-hybridized carbons (Fsp3) is 0.111. The minimum atomic E-state index is -0.901. The fourth-order valence-electron chi connectivity index (χ4n) is 2.65. The Labute approximate surface area is 151 Å². The number of imidazole rings is 1. The van der Waals surface area contributed by atoms with Gasteiger partial charge in [-0.15, -0.1) is 11.3 Å². The zero-order valence-corrected chi connectivity index (χ0v) is 14.7. The third-order valence-corrected chi connectivity index (χ3v) is 4.81. The van der Waals surface area contributed by atoms with Crippen LogP contribution in [0.2, 0.25) is 0 Å². The van der Waals surface area contributed by atoms with Gasteiger partial charge in [0.25, 0.3) is 0 Å². The average molecular weight is 373 g/mol. The van der Waals surface area contributed by atoms with E-state index in [1.807, 2.05) is 10.6 Å². The first-order valence-corrected chi connectivity index (χ1v) is 8.49. The van der Waals surface area contributed by atoms with Gasteiger partial charge >= 0.3 is 0 Å². The zero-order valence-electron chi connectivity index (χ0n) is 13.9. The number of halogens is 2. The Kier molecular flexibility index (Phi) is 4.04. The highest BCUT2D eigenvalue weighted by atomic mass is 32.1. The monoisotopic (exact) mass is 373 g/mol. The number of aromatic nitrogens is 3. The van der Waals surface area contributed by atoms with E-state index in [-0.39, 0.29) is 0 Å². The summed E-state index contributed by atoms with van der Waals surface area (Å²) in [5, 5.41) is 2.44. The summed E-state index contributed by atoms with van der Waals surface area (Å²) in [5.74, 6) is -0.612. The summed E-state index contributed by atoms with van der Waals surface area (Å²) >= 11 is 1.37. The Bertz CT molecular complexity index is 1110. The minimum Gasteiger partial charge on any atom is -0.493 e. The van der Waals surface area contributed by atoms with E-state index in [0.29, 0.717) is 27.9 Å². The summed E-state index contributed by atoms with van der Waals surface area (Å²) in [6.45, 7) is 0. The molecular formula is C18H13F2N3O2S. The number of nitrogens with zero attached hydrogens (tertiary/aromatic N) is 3. The smallest absolute Gasteiger partial charge is 0.195 e. The highest BCUT2D eigenvalue weighted by Crippen LogP contribution is 2.34. The van der Waals surface area contributed by atoms with Crippen molar-refractivity contribution in [3.05, 3.63) is 53.7 Å². The first-order valence-electron chi connectivity index (χ1n) is 7.61. The maximum absolute atomic E-state index is 13.5. The van der Waals surface area contributed by atoms with E-state index in [1.165, 1.54) is 17.4 Å². The van der Waals surface area contributed by atoms with Crippen LogP contribution >= 0.6 is 11.3 Å². The molecule has 0 amide bonds. The lowest BCUT2D eigenvalue weighted by Crippen LogP contribution is -1.94. The Morgan fingerprint density at radius 1 is 1.00 bits per heavy atom. The van der Waals surface area contributed by atoms with Gasteiger partial charge in [0, 0.05) is 23.1 Å². The van der Waals surface area contributed by atoms with E-state index in [1.54, 1.807) is 32.0 Å². The van der Waals surface area contributed by atoms with Gasteiger partial charge in [-0.25, -0.2) is 18.7 Å². The summed E-state index contributed by atoms with van der Waals surface area (Å²) in [4.78, 5) is 8.89. The maximum atomic E-state index is 13.5. The van der Waals surface area contributed by atoms with Gasteiger partial charge in [0.1, 0.15) is 6.33 Å². The van der Waals surface area contributed by atoms with Crippen molar-refractivity contribution in [2.75, 3.05) is 14.2 Å². The molecule has 0 bridgehead atoms. The predicted octanol–water partition coefficient (Wildman–Crippen LogP) is 4.44. The van der Waals surface area contributed by atoms with Crippen LogP contribution in [0.4, 0.5) is 8.78 Å². The van der Waals surface area contributed by atoms with Gasteiger partial charge in [-0.05, 0) is 18.2 Å². The first kappa shape index (κ1) is 16.5. The van der Waals surface area contributed by atoms with Crippen LogP contribution in [0.25, 0.3) is 27.4 Å². The van der Waals surface area contributed by atoms with Crippen LogP contribution in [-0.4, -0.2) is 28.8 Å². The zero-order chi connectivity index (χ0) is 18.3. The van der Waals surface area contributed by atoms with Gasteiger partial charge < -0.3 is 9.47 Å². The molecule has 26 heavy (non-hydrogen) atoms. The van der Waals surface area contributed by atoms with Gasteiger partial charge in [-0.2, -0.15) is 0 Å². The van der Waals surface area contributed by atoms with Gasteiger partial charge in [-0.3, -0.25) is 4.57 Å². The molecule has 2 aromatic heterocycles. The molecule has 0 spiro atoms. The van der Waals surface area contributed by atoms with Crippen LogP contribution in [-0.2, 0) is 0 Å². The third kappa shape index (κ3) is 2.68. The van der Waals surface area contributed by atoms with Crippen LogP contribution in [0.3, 0.4) is 0 Å². The van der Waals surface area contributed by atoms with Gasteiger partial charge in [0.05, 0.1) is 30.9 Å². The molecule has 0 aliphatic heterocycles. The normalized spacial score (nSPS) is 11.1. The van der Waals surface area contributed by atoms with E-state index in [4.69, 9.17) is 9.47 Å². The molecule has 2 aromatic carbocycles. The van der Waals surface area contributed by atoms with Gasteiger partial charge in [0.2, 0.25) is 0 Å². The number of ether oxygens (including phenoxy) is 2. The van der Waals surface area contributed by atoms with Crippen LogP contribution in [0.15, 0.2) is 42.0 Å². The van der Waals surface area contributed by atoms with Crippen molar-refractivity contribution in [2.24, 2.45) is 0 Å². The standard InChI is InChI=1S/C18H13F2N3O2S/c1-24-16-6-13-15(7-17(16)25-2)23(9-21-13)18-22-14(8-26-18)10-3-4-11(19)12(20)5-10/h3-9H,1-2H3. The lowest BCUT2D eigenvalue weighted by atomic mass is 10.2. The molecule has 8 heteroatoms. The van der Waals surface area contributed by atoms with Crippen molar-refractivity contribution in [2.45, 2.75) is 0 Å². The van der Waals surface area contributed by atoms with Crippen molar-refractivity contribution in [1.82, 2.24) is 14.5 Å². The average Bonchev–Trinajstić information content (AvgIpc) is 3.29. The van der Waals surface area contributed by atoms with Crippen molar-refractivity contribution >= 4 is 22.4 Å². The molecule has 0 aliphatic carbocycles. The number of rotatable bonds is 4. The highest BCUT2D eigenvalue weighted by Gasteiger charge is 2.14. The van der Waals surface area contributed by atoms with Crippen molar-refractivity contribution in [1.29, 1.82) is 0 Å². The molecular weight excluding hydrogens is 360 g/mol. The third-order valence-electron chi connectivity index (χ3n) is 3.97. The molecule has 0 N–H and O–H groups in total. The van der Waals surface area contributed by atoms with E-state index >= 15 is 0 Å². The topological polar surface area (TPSA) is 49.2 Å². The second-order valence-corrected chi connectivity index (χ2v) is 6.29. The minimum absolute atomic E-state index is 0.509. The van der Waals surface area contributed by atoms with E-state index < -0.39 is 11.6 Å². The predicted molar refractivity (Wildman–Crippen MR) is 95.2 cm³/mol. The Morgan fingerprint density at radius 2 is 1.77 bits per heavy atom. The number of methoxy groups -OCH3 is 2. The largest absolute Gasteiger partial charge is 0.493 e. The summed E-state index contributed by atoms with van der Waals surface area (Å²) in [6, 6.07) is 7.33. The molecule has 132 valence electrons. The SMILES string of the molecule is COc1cc2ncn(-c3nc(-c4ccc(F)c(F)c4)cs3)c2cc1OC. The quantitative estimate of drug-likeness (QED) is 0.530. The Morgan fingerprint density at radius 3 is 2.50 bits per heavy atom.